The largest absolute Gasteiger partial charge is 0.338 e. The van der Waals surface area contributed by atoms with Gasteiger partial charge in [0.1, 0.15) is 5.82 Å². The van der Waals surface area contributed by atoms with Gasteiger partial charge in [0, 0.05) is 31.4 Å². The molecule has 0 aromatic heterocycles. The van der Waals surface area contributed by atoms with E-state index in [0.29, 0.717) is 30.8 Å². The van der Waals surface area contributed by atoms with E-state index in [1.165, 1.54) is 23.1 Å². The van der Waals surface area contributed by atoms with Gasteiger partial charge in [0.05, 0.1) is 12.5 Å². The Balaban J connectivity index is 1.56. The molecule has 1 aliphatic rings. The third-order valence-corrected chi connectivity index (χ3v) is 5.22. The van der Waals surface area contributed by atoms with Crippen molar-refractivity contribution >= 4 is 23.4 Å². The van der Waals surface area contributed by atoms with Crippen molar-refractivity contribution in [1.82, 2.24) is 9.80 Å². The Hall–Kier alpha value is -3.22. The van der Waals surface area contributed by atoms with Crippen LogP contribution in [0.15, 0.2) is 48.5 Å². The van der Waals surface area contributed by atoms with Crippen LogP contribution in [0.4, 0.5) is 10.1 Å². The molecular formula is C23H26FN3O3. The number of rotatable bonds is 5. The predicted molar refractivity (Wildman–Crippen MR) is 112 cm³/mol. The maximum absolute atomic E-state index is 13.2. The lowest BCUT2D eigenvalue weighted by molar-refractivity contribution is -0.138. The van der Waals surface area contributed by atoms with Crippen LogP contribution >= 0.6 is 0 Å². The van der Waals surface area contributed by atoms with E-state index in [0.717, 1.165) is 12.0 Å². The number of nitrogens with one attached hydrogen (secondary N) is 1. The molecule has 158 valence electrons. The summed E-state index contributed by atoms with van der Waals surface area (Å²) in [6.45, 7) is 2.77. The first-order chi connectivity index (χ1) is 14.3. The van der Waals surface area contributed by atoms with Crippen LogP contribution in [0.3, 0.4) is 0 Å². The van der Waals surface area contributed by atoms with Gasteiger partial charge in [-0.1, -0.05) is 23.8 Å². The van der Waals surface area contributed by atoms with Crippen molar-refractivity contribution < 1.29 is 18.8 Å². The van der Waals surface area contributed by atoms with E-state index in [9.17, 15) is 18.8 Å². The minimum Gasteiger partial charge on any atom is -0.338 e. The number of aryl methyl sites for hydroxylation is 1. The summed E-state index contributed by atoms with van der Waals surface area (Å²) >= 11 is 0. The van der Waals surface area contributed by atoms with Gasteiger partial charge in [0.25, 0.3) is 5.91 Å². The number of anilines is 1. The maximum atomic E-state index is 13.2. The monoisotopic (exact) mass is 411 g/mol. The van der Waals surface area contributed by atoms with Crippen LogP contribution in [0, 0.1) is 18.7 Å². The fourth-order valence-corrected chi connectivity index (χ4v) is 3.61. The van der Waals surface area contributed by atoms with Crippen molar-refractivity contribution in [2.45, 2.75) is 19.8 Å². The summed E-state index contributed by atoms with van der Waals surface area (Å²) in [6.07, 6.45) is 1.41. The molecule has 0 spiro atoms. The van der Waals surface area contributed by atoms with E-state index >= 15 is 0 Å². The number of benzene rings is 2. The lowest BCUT2D eigenvalue weighted by Gasteiger charge is -2.34. The van der Waals surface area contributed by atoms with E-state index < -0.39 is 11.7 Å². The first-order valence-electron chi connectivity index (χ1n) is 10.00. The van der Waals surface area contributed by atoms with Crippen LogP contribution in [0.5, 0.6) is 0 Å². The van der Waals surface area contributed by atoms with Crippen molar-refractivity contribution in [2.24, 2.45) is 5.92 Å². The Morgan fingerprint density at radius 1 is 1.17 bits per heavy atom. The number of halogens is 1. The highest BCUT2D eigenvalue weighted by atomic mass is 19.1. The third-order valence-electron chi connectivity index (χ3n) is 5.22. The Labute approximate surface area is 175 Å². The summed E-state index contributed by atoms with van der Waals surface area (Å²) in [5.41, 5.74) is 2.03. The molecule has 1 fully saturated rings. The lowest BCUT2D eigenvalue weighted by Crippen LogP contribution is -2.47. The van der Waals surface area contributed by atoms with Gasteiger partial charge in [-0.2, -0.15) is 0 Å². The second-order valence-corrected chi connectivity index (χ2v) is 7.71. The molecule has 7 heteroatoms. The smallest absolute Gasteiger partial charge is 0.253 e. The zero-order valence-corrected chi connectivity index (χ0v) is 17.2. The van der Waals surface area contributed by atoms with Gasteiger partial charge < -0.3 is 15.1 Å². The molecule has 2 aromatic rings. The summed E-state index contributed by atoms with van der Waals surface area (Å²) in [5.74, 6) is -1.46. The first kappa shape index (κ1) is 21.5. The SMILES string of the molecule is Cc1ccc(C(=O)N2CCCC(C(=O)N(C)CC(=O)Nc3cccc(F)c3)C2)cc1. The number of likely N-dealkylation sites (tertiary alicyclic amines) is 1. The van der Waals surface area contributed by atoms with Crippen molar-refractivity contribution in [2.75, 3.05) is 32.0 Å². The third kappa shape index (κ3) is 5.43. The topological polar surface area (TPSA) is 69.7 Å². The van der Waals surface area contributed by atoms with Crippen molar-refractivity contribution in [3.63, 3.8) is 0 Å². The van der Waals surface area contributed by atoms with Crippen LogP contribution < -0.4 is 5.32 Å². The van der Waals surface area contributed by atoms with Crippen LogP contribution in [-0.2, 0) is 9.59 Å². The first-order valence-corrected chi connectivity index (χ1v) is 10.00. The van der Waals surface area contributed by atoms with Crippen LogP contribution in [0.25, 0.3) is 0 Å². The number of carbonyl (C=O) groups excluding carboxylic acids is 3. The molecule has 30 heavy (non-hydrogen) atoms. The average Bonchev–Trinajstić information content (AvgIpc) is 2.73. The van der Waals surface area contributed by atoms with E-state index in [4.69, 9.17) is 0 Å². The predicted octanol–water partition coefficient (Wildman–Crippen LogP) is 3.08. The van der Waals surface area contributed by atoms with Gasteiger partial charge >= 0.3 is 0 Å². The second kappa shape index (κ2) is 9.52. The number of likely N-dealkylation sites (N-methyl/N-ethyl adjacent to an activating group) is 1. The van der Waals surface area contributed by atoms with E-state index in [1.807, 2.05) is 19.1 Å². The Kier molecular flexibility index (Phi) is 6.82. The van der Waals surface area contributed by atoms with Crippen LogP contribution in [0.2, 0.25) is 0 Å². The Morgan fingerprint density at radius 2 is 1.90 bits per heavy atom. The minimum absolute atomic E-state index is 0.0843. The zero-order valence-electron chi connectivity index (χ0n) is 17.2. The highest BCUT2D eigenvalue weighted by molar-refractivity contribution is 5.96. The average molecular weight is 411 g/mol. The fraction of sp³-hybridized carbons (Fsp3) is 0.348. The van der Waals surface area contributed by atoms with Crippen molar-refractivity contribution in [1.29, 1.82) is 0 Å². The number of hydrogen-bond acceptors (Lipinski definition) is 3. The molecule has 1 unspecified atom stereocenters. The van der Waals surface area contributed by atoms with Gasteiger partial charge in [-0.05, 0) is 50.1 Å². The zero-order chi connectivity index (χ0) is 21.7. The molecule has 0 aliphatic carbocycles. The number of piperidine rings is 1. The number of amides is 3. The van der Waals surface area contributed by atoms with E-state index in [1.54, 1.807) is 30.1 Å². The van der Waals surface area contributed by atoms with Gasteiger partial charge in [0.2, 0.25) is 11.8 Å². The summed E-state index contributed by atoms with van der Waals surface area (Å²) < 4.78 is 13.2. The Morgan fingerprint density at radius 3 is 2.60 bits per heavy atom. The van der Waals surface area contributed by atoms with Gasteiger partial charge in [0.15, 0.2) is 0 Å². The van der Waals surface area contributed by atoms with Gasteiger partial charge in [-0.25, -0.2) is 4.39 Å². The summed E-state index contributed by atoms with van der Waals surface area (Å²) in [7, 11) is 1.56. The molecule has 1 aliphatic heterocycles. The van der Waals surface area contributed by atoms with Crippen LogP contribution in [-0.4, -0.2) is 54.2 Å². The molecule has 3 amide bonds. The maximum Gasteiger partial charge on any atom is 0.253 e. The Bertz CT molecular complexity index is 930. The second-order valence-electron chi connectivity index (χ2n) is 7.71. The number of hydrogen-bond donors (Lipinski definition) is 1. The molecule has 0 saturated carbocycles. The molecule has 2 aromatic carbocycles. The molecule has 1 atom stereocenters. The molecule has 0 radical (unpaired) electrons. The van der Waals surface area contributed by atoms with E-state index in [2.05, 4.69) is 5.32 Å². The normalized spacial score (nSPS) is 16.1. The lowest BCUT2D eigenvalue weighted by atomic mass is 9.96. The molecule has 1 N–H and O–H groups in total. The molecule has 0 bridgehead atoms. The minimum atomic E-state index is -0.447. The summed E-state index contributed by atoms with van der Waals surface area (Å²) in [6, 6.07) is 13.0. The fourth-order valence-electron chi connectivity index (χ4n) is 3.61. The van der Waals surface area contributed by atoms with Crippen molar-refractivity contribution in [3.05, 3.63) is 65.5 Å². The summed E-state index contributed by atoms with van der Waals surface area (Å²) in [4.78, 5) is 40.9. The van der Waals surface area contributed by atoms with Gasteiger partial charge in [-0.15, -0.1) is 0 Å². The highest BCUT2D eigenvalue weighted by Gasteiger charge is 2.31. The van der Waals surface area contributed by atoms with Gasteiger partial charge in [-0.3, -0.25) is 14.4 Å². The molecule has 3 rings (SSSR count). The number of carbonyl (C=O) groups is 3. The quantitative estimate of drug-likeness (QED) is 0.822. The van der Waals surface area contributed by atoms with Crippen molar-refractivity contribution in [3.8, 4) is 0 Å². The molecule has 6 nitrogen and oxygen atoms in total. The van der Waals surface area contributed by atoms with E-state index in [-0.39, 0.29) is 24.3 Å². The standard InChI is InChI=1S/C23H26FN3O3/c1-16-8-10-17(11-9-16)23(30)27-12-4-5-18(14-27)22(29)26(2)15-21(28)25-20-7-3-6-19(24)13-20/h3,6-11,13,18H,4-5,12,14-15H2,1-2H3,(H,25,28). The highest BCUT2D eigenvalue weighted by Crippen LogP contribution is 2.21. The summed E-state index contributed by atoms with van der Waals surface area (Å²) in [5, 5.41) is 2.59. The number of nitrogens with zero attached hydrogens (tertiary/aromatic N) is 2. The molecule has 1 saturated heterocycles. The molecule has 1 heterocycles. The van der Waals surface area contributed by atoms with Crippen LogP contribution in [0.1, 0.15) is 28.8 Å². The molecular weight excluding hydrogens is 385 g/mol.